The summed E-state index contributed by atoms with van der Waals surface area (Å²) < 4.78 is 2.77. The van der Waals surface area contributed by atoms with Crippen LogP contribution in [0.4, 0.5) is 0 Å². The van der Waals surface area contributed by atoms with Gasteiger partial charge in [0.1, 0.15) is 0 Å². The number of hydrogen-bond donors (Lipinski definition) is 1. The van der Waals surface area contributed by atoms with Crippen LogP contribution in [0.2, 0.25) is 11.6 Å². The Morgan fingerprint density at radius 3 is 2.00 bits per heavy atom. The van der Waals surface area contributed by atoms with Crippen LogP contribution in [0.5, 0.6) is 0 Å². The Balaban J connectivity index is 2.27. The predicted octanol–water partition coefficient (Wildman–Crippen LogP) is 1.67. The van der Waals surface area contributed by atoms with E-state index in [9.17, 15) is 5.11 Å². The predicted molar refractivity (Wildman–Crippen MR) is 85.0 cm³/mol. The Morgan fingerprint density at radius 1 is 0.895 bits per heavy atom. The van der Waals surface area contributed by atoms with Crippen LogP contribution in [0.3, 0.4) is 0 Å². The summed E-state index contributed by atoms with van der Waals surface area (Å²) in [5.74, 6) is 4.76. The summed E-state index contributed by atoms with van der Waals surface area (Å²) in [7, 11) is 0. The maximum atomic E-state index is 9.43. The zero-order valence-electron chi connectivity index (χ0n) is 11.3. The molecule has 3 heteroatoms. The van der Waals surface area contributed by atoms with Crippen LogP contribution in [-0.2, 0) is 11.9 Å². The summed E-state index contributed by atoms with van der Waals surface area (Å²) in [5, 5.41) is 10.7. The molecule has 19 heavy (non-hydrogen) atoms. The van der Waals surface area contributed by atoms with Crippen molar-refractivity contribution in [2.45, 2.75) is 23.6 Å². The van der Waals surface area contributed by atoms with E-state index in [1.165, 1.54) is 19.8 Å². The average Bonchev–Trinajstić information content (AvgIpc) is 2.41. The van der Waals surface area contributed by atoms with Crippen molar-refractivity contribution in [1.29, 1.82) is 0 Å². The van der Waals surface area contributed by atoms with Crippen LogP contribution in [0.15, 0.2) is 48.5 Å². The van der Waals surface area contributed by atoms with Crippen LogP contribution in [-0.4, -0.2) is 34.0 Å². The van der Waals surface area contributed by atoms with Gasteiger partial charge in [0.15, 0.2) is 0 Å². The van der Waals surface area contributed by atoms with E-state index in [1.807, 2.05) is 12.1 Å². The van der Waals surface area contributed by atoms with Crippen molar-refractivity contribution in [3.8, 4) is 0 Å². The number of benzene rings is 2. The molecule has 0 fully saturated rings. The Kier molecular flexibility index (Phi) is 5.69. The molecule has 1 N–H and O–H groups in total. The van der Waals surface area contributed by atoms with Crippen molar-refractivity contribution < 1.29 is 5.11 Å². The minimum absolute atomic E-state index is 0.137. The Hall–Kier alpha value is -0.561. The molecule has 0 amide bonds. The van der Waals surface area contributed by atoms with Gasteiger partial charge in [0, 0.05) is 0 Å². The monoisotopic (exact) mass is 387 g/mol. The second-order valence-corrected chi connectivity index (χ2v) is 11.6. The molecule has 0 saturated carbocycles. The van der Waals surface area contributed by atoms with E-state index in [-0.39, 0.29) is 21.6 Å². The first-order chi connectivity index (χ1) is 9.20. The van der Waals surface area contributed by atoms with Gasteiger partial charge in [0.25, 0.3) is 0 Å². The second kappa shape index (κ2) is 7.28. The minimum atomic E-state index is -0.466. The molecule has 0 aliphatic carbocycles. The fourth-order valence-electron chi connectivity index (χ4n) is 1.89. The Labute approximate surface area is 126 Å². The second-order valence-electron chi connectivity index (χ2n) is 4.61. The Bertz CT molecular complexity index is 538. The summed E-state index contributed by atoms with van der Waals surface area (Å²) in [5.41, 5.74) is 2.57. The molecule has 2 aromatic carbocycles. The molecule has 2 aromatic rings. The molecule has 0 aliphatic rings. The normalized spacial score (nSPS) is 10.9. The molecular formula is C16H19OSe2+. The van der Waals surface area contributed by atoms with E-state index >= 15 is 0 Å². The van der Waals surface area contributed by atoms with Gasteiger partial charge in [0.05, 0.1) is 0 Å². The van der Waals surface area contributed by atoms with Crippen LogP contribution in [0, 0.1) is 0 Å². The summed E-state index contributed by atoms with van der Waals surface area (Å²) in [6, 6.07) is 17.0. The third-order valence-corrected chi connectivity index (χ3v) is 7.24. The molecular weight excluding hydrogens is 366 g/mol. The molecule has 0 atom stereocenters. The molecule has 0 radical (unpaired) electrons. The fourth-order valence-corrected chi connectivity index (χ4v) is 6.42. The van der Waals surface area contributed by atoms with E-state index in [0.717, 1.165) is 5.56 Å². The van der Waals surface area contributed by atoms with Gasteiger partial charge in [-0.15, -0.1) is 0 Å². The van der Waals surface area contributed by atoms with Crippen molar-refractivity contribution in [1.82, 2.24) is 0 Å². The van der Waals surface area contributed by atoms with Crippen LogP contribution < -0.4 is 8.92 Å². The molecule has 1 nitrogen and oxygen atoms in total. The number of rotatable bonds is 5. The number of aliphatic hydroxyl groups is 1. The standard InChI is InChI=1S/C16H19OSe2/c1-19(2)12-14-8-4-6-10-16(14)18-15-9-5-3-7-13(15)11-17/h3-10,17H,11-12H2,1-2H3/q+1. The van der Waals surface area contributed by atoms with E-state index in [0.29, 0.717) is 0 Å². The van der Waals surface area contributed by atoms with Crippen molar-refractivity contribution >= 4 is 37.8 Å². The maximum absolute atomic E-state index is 9.43. The summed E-state index contributed by atoms with van der Waals surface area (Å²) in [6.45, 7) is 0.137. The average molecular weight is 385 g/mol. The van der Waals surface area contributed by atoms with Gasteiger partial charge in [-0.2, -0.15) is 0 Å². The summed E-state index contributed by atoms with van der Waals surface area (Å²) in [6.07, 6.45) is 0. The van der Waals surface area contributed by atoms with Crippen molar-refractivity contribution in [3.63, 3.8) is 0 Å². The molecule has 0 spiro atoms. The topological polar surface area (TPSA) is 20.2 Å². The van der Waals surface area contributed by atoms with Crippen LogP contribution >= 0.6 is 0 Å². The third kappa shape index (κ3) is 4.21. The molecule has 0 unspecified atom stereocenters. The van der Waals surface area contributed by atoms with E-state index in [4.69, 9.17) is 0 Å². The van der Waals surface area contributed by atoms with Gasteiger partial charge in [-0.1, -0.05) is 0 Å². The molecule has 0 aliphatic heterocycles. The van der Waals surface area contributed by atoms with Gasteiger partial charge >= 0.3 is 126 Å². The van der Waals surface area contributed by atoms with Crippen molar-refractivity contribution in [2.75, 3.05) is 0 Å². The number of hydrogen-bond acceptors (Lipinski definition) is 1. The van der Waals surface area contributed by atoms with Gasteiger partial charge in [-0.05, 0) is 0 Å². The van der Waals surface area contributed by atoms with E-state index in [2.05, 4.69) is 48.0 Å². The molecule has 0 saturated heterocycles. The SMILES string of the molecule is C[Se+](C)Cc1ccccc1[Se]c1ccccc1CO. The summed E-state index contributed by atoms with van der Waals surface area (Å²) in [4.78, 5) is 0. The molecule has 0 bridgehead atoms. The molecule has 0 heterocycles. The fraction of sp³-hybridized carbons (Fsp3) is 0.250. The van der Waals surface area contributed by atoms with Gasteiger partial charge in [-0.25, -0.2) is 0 Å². The zero-order chi connectivity index (χ0) is 13.7. The van der Waals surface area contributed by atoms with Gasteiger partial charge in [-0.3, -0.25) is 0 Å². The molecule has 100 valence electrons. The van der Waals surface area contributed by atoms with E-state index in [1.54, 1.807) is 0 Å². The molecule has 0 aromatic heterocycles. The third-order valence-electron chi connectivity index (χ3n) is 2.78. The van der Waals surface area contributed by atoms with Crippen LogP contribution in [0.1, 0.15) is 11.1 Å². The zero-order valence-corrected chi connectivity index (χ0v) is 14.7. The number of aliphatic hydroxyl groups excluding tert-OH is 1. The van der Waals surface area contributed by atoms with Gasteiger partial charge < -0.3 is 0 Å². The quantitative estimate of drug-likeness (QED) is 0.777. The first-order valence-corrected chi connectivity index (χ1v) is 12.5. The molecule has 2 rings (SSSR count). The summed E-state index contributed by atoms with van der Waals surface area (Å²) >= 11 is -0.177. The van der Waals surface area contributed by atoms with Crippen molar-refractivity contribution in [3.05, 3.63) is 59.7 Å². The van der Waals surface area contributed by atoms with Crippen molar-refractivity contribution in [2.24, 2.45) is 0 Å². The first-order valence-electron chi connectivity index (χ1n) is 6.19. The Morgan fingerprint density at radius 2 is 1.42 bits per heavy atom. The van der Waals surface area contributed by atoms with Gasteiger partial charge in [0.2, 0.25) is 0 Å². The first kappa shape index (κ1) is 14.8. The van der Waals surface area contributed by atoms with E-state index < -0.39 is 13.9 Å². The van der Waals surface area contributed by atoms with Crippen LogP contribution in [0.25, 0.3) is 0 Å².